The van der Waals surface area contributed by atoms with Gasteiger partial charge in [-0.25, -0.2) is 4.79 Å². The molecule has 0 aliphatic carbocycles. The van der Waals surface area contributed by atoms with Crippen LogP contribution in [0.1, 0.15) is 34.1 Å². The summed E-state index contributed by atoms with van der Waals surface area (Å²) in [5.41, 5.74) is -0.513. The molecule has 2 atom stereocenters. The molecule has 0 aromatic carbocycles. The van der Waals surface area contributed by atoms with Crippen molar-refractivity contribution in [1.82, 2.24) is 4.90 Å². The number of nitrogens with zero attached hydrogens (tertiary/aromatic N) is 1. The summed E-state index contributed by atoms with van der Waals surface area (Å²) < 4.78 is 10.8. The zero-order valence-corrected chi connectivity index (χ0v) is 11.1. The Hall–Kier alpha value is -0.810. The second kappa shape index (κ2) is 5.69. The fraction of sp³-hybridized carbons (Fsp3) is 0.917. The molecule has 1 fully saturated rings. The number of aliphatic hydroxyl groups excluding tert-OH is 1. The van der Waals surface area contributed by atoms with Gasteiger partial charge < -0.3 is 19.5 Å². The molecular weight excluding hydrogens is 222 g/mol. The predicted molar refractivity (Wildman–Crippen MR) is 63.8 cm³/mol. The van der Waals surface area contributed by atoms with Crippen LogP contribution in [-0.2, 0) is 9.47 Å². The molecule has 0 spiro atoms. The van der Waals surface area contributed by atoms with Crippen molar-refractivity contribution in [3.8, 4) is 0 Å². The molecule has 1 aliphatic rings. The monoisotopic (exact) mass is 245 g/mol. The molecule has 1 heterocycles. The molecule has 1 rings (SSSR count). The van der Waals surface area contributed by atoms with Crippen LogP contribution >= 0.6 is 0 Å². The molecule has 0 bridgehead atoms. The molecule has 1 saturated heterocycles. The lowest BCUT2D eigenvalue weighted by molar-refractivity contribution is 0.0140. The minimum absolute atomic E-state index is 0.00432. The molecule has 1 aliphatic heterocycles. The van der Waals surface area contributed by atoms with Crippen LogP contribution in [0.2, 0.25) is 0 Å². The summed E-state index contributed by atoms with van der Waals surface area (Å²) >= 11 is 0. The second-order valence-corrected chi connectivity index (χ2v) is 5.28. The van der Waals surface area contributed by atoms with Crippen LogP contribution < -0.4 is 0 Å². The number of aliphatic hydroxyl groups is 1. The van der Waals surface area contributed by atoms with Crippen LogP contribution in [-0.4, -0.2) is 53.6 Å². The Labute approximate surface area is 103 Å². The van der Waals surface area contributed by atoms with Gasteiger partial charge in [-0.1, -0.05) is 0 Å². The summed E-state index contributed by atoms with van der Waals surface area (Å²) in [6.45, 7) is 8.46. The SMILES string of the molecule is CCO[C@H]1C[C@H](CO)N(C(=O)OC(C)(C)C)C1. The first-order chi connectivity index (χ1) is 7.87. The van der Waals surface area contributed by atoms with Crippen molar-refractivity contribution in [2.45, 2.75) is 51.9 Å². The Morgan fingerprint density at radius 1 is 1.47 bits per heavy atom. The Morgan fingerprint density at radius 3 is 2.59 bits per heavy atom. The Balaban J connectivity index is 2.59. The van der Waals surface area contributed by atoms with Gasteiger partial charge >= 0.3 is 6.09 Å². The predicted octanol–water partition coefficient (Wildman–Crippen LogP) is 1.39. The van der Waals surface area contributed by atoms with Gasteiger partial charge in [-0.15, -0.1) is 0 Å². The van der Waals surface area contributed by atoms with Crippen LogP contribution in [0.5, 0.6) is 0 Å². The van der Waals surface area contributed by atoms with Crippen LogP contribution in [0, 0.1) is 0 Å². The molecule has 0 saturated carbocycles. The highest BCUT2D eigenvalue weighted by Gasteiger charge is 2.37. The number of hydrogen-bond donors (Lipinski definition) is 1. The van der Waals surface area contributed by atoms with Gasteiger partial charge in [-0.3, -0.25) is 0 Å². The van der Waals surface area contributed by atoms with Crippen molar-refractivity contribution < 1.29 is 19.4 Å². The summed E-state index contributed by atoms with van der Waals surface area (Å²) in [4.78, 5) is 13.5. The van der Waals surface area contributed by atoms with Crippen molar-refractivity contribution in [2.75, 3.05) is 19.8 Å². The number of carbonyl (C=O) groups is 1. The summed E-state index contributed by atoms with van der Waals surface area (Å²) in [5.74, 6) is 0. The van der Waals surface area contributed by atoms with Gasteiger partial charge in [-0.05, 0) is 34.1 Å². The van der Waals surface area contributed by atoms with Crippen LogP contribution in [0.3, 0.4) is 0 Å². The lowest BCUT2D eigenvalue weighted by Gasteiger charge is -2.27. The third kappa shape index (κ3) is 4.16. The molecular formula is C12H23NO4. The standard InChI is InChI=1S/C12H23NO4/c1-5-16-10-6-9(8-14)13(7-10)11(15)17-12(2,3)4/h9-10,14H,5-8H2,1-4H3/t9-,10+/m1/s1. The Bertz CT molecular complexity index is 262. The van der Waals surface area contributed by atoms with Crippen LogP contribution in [0.4, 0.5) is 4.79 Å². The molecule has 0 aromatic rings. The van der Waals surface area contributed by atoms with E-state index in [2.05, 4.69) is 0 Å². The minimum atomic E-state index is -0.513. The van der Waals surface area contributed by atoms with Crippen molar-refractivity contribution >= 4 is 6.09 Å². The average molecular weight is 245 g/mol. The number of amides is 1. The lowest BCUT2D eigenvalue weighted by Crippen LogP contribution is -2.41. The van der Waals surface area contributed by atoms with Gasteiger partial charge in [0.15, 0.2) is 0 Å². The molecule has 5 heteroatoms. The van der Waals surface area contributed by atoms with Gasteiger partial charge in [0.05, 0.1) is 25.3 Å². The second-order valence-electron chi connectivity index (χ2n) is 5.28. The maximum atomic E-state index is 11.9. The number of hydrogen-bond acceptors (Lipinski definition) is 4. The van der Waals surface area contributed by atoms with Crippen molar-refractivity contribution in [1.29, 1.82) is 0 Å². The topological polar surface area (TPSA) is 59.0 Å². The maximum Gasteiger partial charge on any atom is 0.410 e. The quantitative estimate of drug-likeness (QED) is 0.816. The van der Waals surface area contributed by atoms with E-state index in [1.807, 2.05) is 27.7 Å². The molecule has 17 heavy (non-hydrogen) atoms. The van der Waals surface area contributed by atoms with E-state index in [-0.39, 0.29) is 24.8 Å². The normalized spacial score (nSPS) is 25.1. The van der Waals surface area contributed by atoms with E-state index in [4.69, 9.17) is 9.47 Å². The molecule has 0 radical (unpaired) electrons. The summed E-state index contributed by atoms with van der Waals surface area (Å²) in [5, 5.41) is 9.26. The van der Waals surface area contributed by atoms with Crippen LogP contribution in [0.25, 0.3) is 0 Å². The molecule has 0 unspecified atom stereocenters. The molecule has 5 nitrogen and oxygen atoms in total. The smallest absolute Gasteiger partial charge is 0.410 e. The highest BCUT2D eigenvalue weighted by atomic mass is 16.6. The molecule has 1 N–H and O–H groups in total. The van der Waals surface area contributed by atoms with E-state index in [1.165, 1.54) is 0 Å². The molecule has 100 valence electrons. The Morgan fingerprint density at radius 2 is 2.12 bits per heavy atom. The third-order valence-corrected chi connectivity index (χ3v) is 2.62. The fourth-order valence-electron chi connectivity index (χ4n) is 1.95. The highest BCUT2D eigenvalue weighted by molar-refractivity contribution is 5.69. The summed E-state index contributed by atoms with van der Waals surface area (Å²) in [6, 6.07) is -0.193. The first-order valence-electron chi connectivity index (χ1n) is 6.09. The Kier molecular flexibility index (Phi) is 4.77. The molecule has 0 aromatic heterocycles. The van der Waals surface area contributed by atoms with E-state index < -0.39 is 5.60 Å². The summed E-state index contributed by atoms with van der Waals surface area (Å²) in [7, 11) is 0. The largest absolute Gasteiger partial charge is 0.444 e. The number of ether oxygens (including phenoxy) is 2. The highest BCUT2D eigenvalue weighted by Crippen LogP contribution is 2.22. The van der Waals surface area contributed by atoms with Gasteiger partial charge in [0, 0.05) is 6.61 Å². The average Bonchev–Trinajstić information content (AvgIpc) is 2.59. The van der Waals surface area contributed by atoms with E-state index in [9.17, 15) is 9.90 Å². The van der Waals surface area contributed by atoms with Crippen molar-refractivity contribution in [3.63, 3.8) is 0 Å². The fourth-order valence-corrected chi connectivity index (χ4v) is 1.95. The van der Waals surface area contributed by atoms with Gasteiger partial charge in [0.1, 0.15) is 5.60 Å². The van der Waals surface area contributed by atoms with E-state index in [0.29, 0.717) is 19.6 Å². The van der Waals surface area contributed by atoms with E-state index >= 15 is 0 Å². The first-order valence-corrected chi connectivity index (χ1v) is 6.09. The van der Waals surface area contributed by atoms with Gasteiger partial charge in [0.2, 0.25) is 0 Å². The minimum Gasteiger partial charge on any atom is -0.444 e. The zero-order chi connectivity index (χ0) is 13.1. The van der Waals surface area contributed by atoms with E-state index in [1.54, 1.807) is 4.90 Å². The molecule has 1 amide bonds. The van der Waals surface area contributed by atoms with Gasteiger partial charge in [-0.2, -0.15) is 0 Å². The first kappa shape index (κ1) is 14.3. The van der Waals surface area contributed by atoms with Crippen molar-refractivity contribution in [3.05, 3.63) is 0 Å². The third-order valence-electron chi connectivity index (χ3n) is 2.62. The van der Waals surface area contributed by atoms with Gasteiger partial charge in [0.25, 0.3) is 0 Å². The lowest BCUT2D eigenvalue weighted by atomic mass is 10.2. The number of rotatable bonds is 3. The zero-order valence-electron chi connectivity index (χ0n) is 11.1. The van der Waals surface area contributed by atoms with Crippen molar-refractivity contribution in [2.24, 2.45) is 0 Å². The summed E-state index contributed by atoms with van der Waals surface area (Å²) in [6.07, 6.45) is 0.298. The number of likely N-dealkylation sites (tertiary alicyclic amines) is 1. The maximum absolute atomic E-state index is 11.9. The number of carbonyl (C=O) groups excluding carboxylic acids is 1. The van der Waals surface area contributed by atoms with Crippen LogP contribution in [0.15, 0.2) is 0 Å². The van der Waals surface area contributed by atoms with E-state index in [0.717, 1.165) is 0 Å².